The van der Waals surface area contributed by atoms with E-state index in [2.05, 4.69) is 10.6 Å². The third-order valence-electron chi connectivity index (χ3n) is 3.30. The van der Waals surface area contributed by atoms with Crippen LogP contribution in [0.1, 0.15) is 17.2 Å². The third-order valence-corrected chi connectivity index (χ3v) is 3.30. The number of ether oxygens (including phenoxy) is 1. The molecule has 0 fully saturated rings. The second-order valence-corrected chi connectivity index (χ2v) is 4.90. The topological polar surface area (TPSA) is 94.4 Å². The van der Waals surface area contributed by atoms with Gasteiger partial charge in [-0.1, -0.05) is 18.2 Å². The van der Waals surface area contributed by atoms with E-state index in [1.54, 1.807) is 18.2 Å². The minimum absolute atomic E-state index is 0.0989. The van der Waals surface area contributed by atoms with Crippen LogP contribution in [0.3, 0.4) is 0 Å². The first-order valence-electron chi connectivity index (χ1n) is 7.10. The van der Waals surface area contributed by atoms with Gasteiger partial charge in [0.05, 0.1) is 30.5 Å². The van der Waals surface area contributed by atoms with Crippen molar-refractivity contribution in [2.24, 2.45) is 0 Å². The number of nitriles is 1. The molecular weight excluding hydrogens is 313 g/mol. The molecule has 124 valence electrons. The van der Waals surface area contributed by atoms with E-state index in [1.165, 1.54) is 31.4 Å². The Hall–Kier alpha value is -3.11. The quantitative estimate of drug-likeness (QED) is 0.786. The van der Waals surface area contributed by atoms with Crippen LogP contribution in [-0.4, -0.2) is 24.8 Å². The molecule has 0 aromatic heterocycles. The number of anilines is 1. The molecule has 1 atom stereocenters. The van der Waals surface area contributed by atoms with E-state index < -0.39 is 18.0 Å². The van der Waals surface area contributed by atoms with Crippen LogP contribution in [0.4, 0.5) is 14.9 Å². The molecule has 0 aliphatic rings. The van der Waals surface area contributed by atoms with Crippen molar-refractivity contribution < 1.29 is 19.0 Å². The number of hydrogen-bond donors (Lipinski definition) is 3. The summed E-state index contributed by atoms with van der Waals surface area (Å²) in [5.74, 6) is -0.158. The first-order valence-corrected chi connectivity index (χ1v) is 7.10. The predicted octanol–water partition coefficient (Wildman–Crippen LogP) is 2.56. The average Bonchev–Trinajstić information content (AvgIpc) is 2.60. The smallest absolute Gasteiger partial charge is 0.319 e. The number of nitrogens with one attached hydrogen (secondary N) is 2. The van der Waals surface area contributed by atoms with Gasteiger partial charge in [0.25, 0.3) is 0 Å². The fourth-order valence-corrected chi connectivity index (χ4v) is 2.09. The monoisotopic (exact) mass is 329 g/mol. The highest BCUT2D eigenvalue weighted by Gasteiger charge is 2.14. The Morgan fingerprint density at radius 3 is 2.79 bits per heavy atom. The van der Waals surface area contributed by atoms with Crippen LogP contribution in [0.2, 0.25) is 0 Å². The molecule has 24 heavy (non-hydrogen) atoms. The zero-order chi connectivity index (χ0) is 17.5. The van der Waals surface area contributed by atoms with Gasteiger partial charge < -0.3 is 20.5 Å². The van der Waals surface area contributed by atoms with E-state index in [-0.39, 0.29) is 12.1 Å². The number of urea groups is 1. The molecule has 0 saturated heterocycles. The number of benzene rings is 2. The molecule has 2 rings (SSSR count). The first-order chi connectivity index (χ1) is 11.5. The number of halogens is 1. The third kappa shape index (κ3) is 4.21. The second-order valence-electron chi connectivity index (χ2n) is 4.90. The lowest BCUT2D eigenvalue weighted by Gasteiger charge is -2.15. The van der Waals surface area contributed by atoms with Crippen molar-refractivity contribution >= 4 is 11.7 Å². The minimum atomic E-state index is -1.18. The molecule has 2 aromatic rings. The molecule has 0 bridgehead atoms. The maximum Gasteiger partial charge on any atom is 0.319 e. The van der Waals surface area contributed by atoms with Gasteiger partial charge in [-0.15, -0.1) is 0 Å². The van der Waals surface area contributed by atoms with Crippen molar-refractivity contribution in [1.82, 2.24) is 5.32 Å². The molecule has 2 amide bonds. The molecule has 7 heteroatoms. The highest BCUT2D eigenvalue weighted by atomic mass is 19.1. The zero-order valence-electron chi connectivity index (χ0n) is 12.9. The van der Waals surface area contributed by atoms with E-state index in [1.807, 2.05) is 6.07 Å². The molecule has 0 unspecified atom stereocenters. The molecule has 3 N–H and O–H groups in total. The number of hydrogen-bond acceptors (Lipinski definition) is 4. The van der Waals surface area contributed by atoms with Gasteiger partial charge in [-0.05, 0) is 24.3 Å². The average molecular weight is 329 g/mol. The molecule has 2 aromatic carbocycles. The van der Waals surface area contributed by atoms with Gasteiger partial charge in [0.1, 0.15) is 11.6 Å². The molecule has 0 heterocycles. The minimum Gasteiger partial charge on any atom is -0.495 e. The standard InChI is InChI=1S/C17H16FN3O3/c1-24-16-7-6-11(9-19)8-14(16)21-17(23)20-10-15(22)12-4-2-3-5-13(12)18/h2-8,15,22H,10H2,1H3,(H2,20,21,23)/t15-/m0/s1. The lowest BCUT2D eigenvalue weighted by Crippen LogP contribution is -2.32. The SMILES string of the molecule is COc1ccc(C#N)cc1NC(=O)NC[C@H](O)c1ccccc1F. The van der Waals surface area contributed by atoms with Gasteiger partial charge in [0.2, 0.25) is 0 Å². The Labute approximate surface area is 138 Å². The number of carbonyl (C=O) groups excluding carboxylic acids is 1. The number of methoxy groups -OCH3 is 1. The van der Waals surface area contributed by atoms with Crippen molar-refractivity contribution in [2.75, 3.05) is 19.0 Å². The zero-order valence-corrected chi connectivity index (χ0v) is 12.9. The summed E-state index contributed by atoms with van der Waals surface area (Å²) < 4.78 is 18.7. The Kier molecular flexibility index (Phi) is 5.71. The van der Waals surface area contributed by atoms with Crippen LogP contribution in [0.5, 0.6) is 5.75 Å². The summed E-state index contributed by atoms with van der Waals surface area (Å²) in [5.41, 5.74) is 0.772. The molecular formula is C17H16FN3O3. The summed E-state index contributed by atoms with van der Waals surface area (Å²) >= 11 is 0. The predicted molar refractivity (Wildman–Crippen MR) is 86.1 cm³/mol. The van der Waals surface area contributed by atoms with Crippen LogP contribution in [0.25, 0.3) is 0 Å². The van der Waals surface area contributed by atoms with Gasteiger partial charge in [-0.3, -0.25) is 0 Å². The maximum absolute atomic E-state index is 13.6. The van der Waals surface area contributed by atoms with Gasteiger partial charge in [-0.25, -0.2) is 9.18 Å². The van der Waals surface area contributed by atoms with E-state index in [0.717, 1.165) is 0 Å². The van der Waals surface area contributed by atoms with Crippen LogP contribution in [-0.2, 0) is 0 Å². The number of nitrogens with zero attached hydrogens (tertiary/aromatic N) is 1. The number of rotatable bonds is 5. The van der Waals surface area contributed by atoms with E-state index in [9.17, 15) is 14.3 Å². The van der Waals surface area contributed by atoms with Crippen LogP contribution in [0.15, 0.2) is 42.5 Å². The maximum atomic E-state index is 13.6. The lowest BCUT2D eigenvalue weighted by molar-refractivity contribution is 0.170. The molecule has 0 spiro atoms. The van der Waals surface area contributed by atoms with E-state index >= 15 is 0 Å². The summed E-state index contributed by atoms with van der Waals surface area (Å²) in [6.45, 7) is -0.174. The van der Waals surface area contributed by atoms with Crippen LogP contribution in [0, 0.1) is 17.1 Å². The fourth-order valence-electron chi connectivity index (χ4n) is 2.09. The van der Waals surface area contributed by atoms with Crippen molar-refractivity contribution in [1.29, 1.82) is 5.26 Å². The lowest BCUT2D eigenvalue weighted by atomic mass is 10.1. The first kappa shape index (κ1) is 17.2. The number of aliphatic hydroxyl groups is 1. The molecule has 0 aliphatic carbocycles. The normalized spacial score (nSPS) is 11.2. The van der Waals surface area contributed by atoms with Gasteiger partial charge in [-0.2, -0.15) is 5.26 Å². The Morgan fingerprint density at radius 1 is 1.38 bits per heavy atom. The highest BCUT2D eigenvalue weighted by Crippen LogP contribution is 2.25. The van der Waals surface area contributed by atoms with Crippen molar-refractivity contribution in [2.45, 2.75) is 6.10 Å². The molecule has 0 radical (unpaired) electrons. The van der Waals surface area contributed by atoms with E-state index in [0.29, 0.717) is 17.0 Å². The van der Waals surface area contributed by atoms with Gasteiger partial charge in [0.15, 0.2) is 0 Å². The molecule has 6 nitrogen and oxygen atoms in total. The molecule has 0 saturated carbocycles. The van der Waals surface area contributed by atoms with Crippen LogP contribution < -0.4 is 15.4 Å². The summed E-state index contributed by atoms with van der Waals surface area (Å²) in [4.78, 5) is 11.9. The second kappa shape index (κ2) is 7.94. The van der Waals surface area contributed by atoms with Crippen LogP contribution >= 0.6 is 0 Å². The van der Waals surface area contributed by atoms with Crippen molar-refractivity contribution in [3.8, 4) is 11.8 Å². The largest absolute Gasteiger partial charge is 0.495 e. The Balaban J connectivity index is 1.99. The van der Waals surface area contributed by atoms with Gasteiger partial charge in [0, 0.05) is 12.1 Å². The Morgan fingerprint density at radius 2 is 2.12 bits per heavy atom. The summed E-state index contributed by atoms with van der Waals surface area (Å²) in [6.07, 6.45) is -1.18. The highest BCUT2D eigenvalue weighted by molar-refractivity contribution is 5.91. The number of amides is 2. The van der Waals surface area contributed by atoms with Crippen molar-refractivity contribution in [3.05, 3.63) is 59.4 Å². The van der Waals surface area contributed by atoms with Gasteiger partial charge >= 0.3 is 6.03 Å². The number of aliphatic hydroxyl groups excluding tert-OH is 1. The fraction of sp³-hybridized carbons (Fsp3) is 0.176. The summed E-state index contributed by atoms with van der Waals surface area (Å²) in [5, 5.41) is 23.8. The van der Waals surface area contributed by atoms with Crippen molar-refractivity contribution in [3.63, 3.8) is 0 Å². The summed E-state index contributed by atoms with van der Waals surface area (Å²) in [6, 6.07) is 11.7. The van der Waals surface area contributed by atoms with E-state index in [4.69, 9.17) is 10.00 Å². The molecule has 0 aliphatic heterocycles. The Bertz CT molecular complexity index is 774. The number of carbonyl (C=O) groups is 1. The summed E-state index contributed by atoms with van der Waals surface area (Å²) in [7, 11) is 1.44.